The highest BCUT2D eigenvalue weighted by atomic mass is 16.5. The van der Waals surface area contributed by atoms with E-state index < -0.39 is 12.0 Å². The minimum absolute atomic E-state index is 0.0599. The fraction of sp³-hybridized carbons (Fsp3) is 0.229. The fourth-order valence-corrected chi connectivity index (χ4v) is 4.85. The predicted molar refractivity (Wildman–Crippen MR) is 165 cm³/mol. The van der Waals surface area contributed by atoms with E-state index in [2.05, 4.69) is 5.32 Å². The van der Waals surface area contributed by atoms with E-state index in [1.54, 1.807) is 72.7 Å². The lowest BCUT2D eigenvalue weighted by Crippen LogP contribution is -2.35. The van der Waals surface area contributed by atoms with Crippen molar-refractivity contribution in [3.8, 4) is 11.5 Å². The van der Waals surface area contributed by atoms with Crippen molar-refractivity contribution < 1.29 is 29.0 Å². The van der Waals surface area contributed by atoms with Crippen molar-refractivity contribution in [3.05, 3.63) is 120 Å². The van der Waals surface area contributed by atoms with E-state index in [4.69, 9.17) is 9.47 Å². The van der Waals surface area contributed by atoms with Gasteiger partial charge in [0.15, 0.2) is 5.78 Å². The maximum Gasteiger partial charge on any atom is 0.326 e. The molecule has 0 heterocycles. The lowest BCUT2D eigenvalue weighted by Gasteiger charge is -2.23. The molecule has 0 bridgehead atoms. The average molecular weight is 579 g/mol. The molecule has 1 fully saturated rings. The molecule has 4 aromatic carbocycles. The van der Waals surface area contributed by atoms with Crippen LogP contribution in [-0.4, -0.2) is 49.1 Å². The van der Waals surface area contributed by atoms with Crippen molar-refractivity contribution in [3.63, 3.8) is 0 Å². The SMILES string of the molecule is COc1cccc(N(CCOc2ccc(C[C@H](Nc3ccccc3C(=O)c3ccccc3)C(=O)O)cc2)C(=O)C2CC2)c1. The smallest absolute Gasteiger partial charge is 0.326 e. The van der Waals surface area contributed by atoms with Gasteiger partial charge in [0.25, 0.3) is 0 Å². The second-order valence-electron chi connectivity index (χ2n) is 10.4. The normalized spacial score (nSPS) is 13.0. The van der Waals surface area contributed by atoms with Crippen LogP contribution >= 0.6 is 0 Å². The maximum absolute atomic E-state index is 13.1. The molecule has 2 N–H and O–H groups in total. The van der Waals surface area contributed by atoms with Crippen molar-refractivity contribution in [2.45, 2.75) is 25.3 Å². The van der Waals surface area contributed by atoms with Crippen LogP contribution in [0.3, 0.4) is 0 Å². The number of aliphatic carboxylic acids is 1. The number of carboxylic acids is 1. The van der Waals surface area contributed by atoms with Gasteiger partial charge < -0.3 is 24.8 Å². The topological polar surface area (TPSA) is 105 Å². The Hall–Kier alpha value is -5.11. The first-order chi connectivity index (χ1) is 20.9. The third-order valence-electron chi connectivity index (χ3n) is 7.34. The standard InChI is InChI=1S/C35H34N2O6/c1-42-29-11-7-10-27(23-29)37(34(39)26-16-17-26)20-21-43-28-18-14-24(15-19-28)22-32(35(40)41)36-31-13-6-5-12-30(31)33(38)25-8-3-2-4-9-25/h2-15,18-19,23,26,32,36H,16-17,20-22H2,1H3,(H,40,41)/t32-/m0/s1. The molecule has 0 aromatic heterocycles. The second kappa shape index (κ2) is 13.7. The van der Waals surface area contributed by atoms with E-state index in [-0.39, 0.29) is 24.0 Å². The summed E-state index contributed by atoms with van der Waals surface area (Å²) in [6, 6.07) is 29.5. The molecule has 1 aliphatic rings. The first kappa shape index (κ1) is 29.4. The quantitative estimate of drug-likeness (QED) is 0.181. The van der Waals surface area contributed by atoms with Gasteiger partial charge in [0.05, 0.1) is 13.7 Å². The van der Waals surface area contributed by atoms with E-state index in [0.29, 0.717) is 41.5 Å². The van der Waals surface area contributed by atoms with E-state index >= 15 is 0 Å². The number of methoxy groups -OCH3 is 1. The highest BCUT2D eigenvalue weighted by Crippen LogP contribution is 2.33. The minimum Gasteiger partial charge on any atom is -0.497 e. The van der Waals surface area contributed by atoms with Crippen LogP contribution in [0.5, 0.6) is 11.5 Å². The number of ether oxygens (including phenoxy) is 2. The van der Waals surface area contributed by atoms with Gasteiger partial charge in [-0.25, -0.2) is 4.79 Å². The number of hydrogen-bond donors (Lipinski definition) is 2. The van der Waals surface area contributed by atoms with Gasteiger partial charge in [-0.3, -0.25) is 9.59 Å². The van der Waals surface area contributed by atoms with Crippen molar-refractivity contribution in [2.75, 3.05) is 30.5 Å². The molecule has 1 atom stereocenters. The lowest BCUT2D eigenvalue weighted by molar-refractivity contribution is -0.137. The van der Waals surface area contributed by atoms with Gasteiger partial charge in [0.2, 0.25) is 5.91 Å². The Morgan fingerprint density at radius 2 is 1.60 bits per heavy atom. The molecule has 4 aromatic rings. The third-order valence-corrected chi connectivity index (χ3v) is 7.34. The van der Waals surface area contributed by atoms with Crippen molar-refractivity contribution in [2.24, 2.45) is 5.92 Å². The van der Waals surface area contributed by atoms with Crippen LogP contribution < -0.4 is 19.7 Å². The van der Waals surface area contributed by atoms with Gasteiger partial charge in [0.1, 0.15) is 24.1 Å². The molecule has 5 rings (SSSR count). The van der Waals surface area contributed by atoms with E-state index in [9.17, 15) is 19.5 Å². The van der Waals surface area contributed by atoms with Crippen LogP contribution in [0.25, 0.3) is 0 Å². The Kier molecular flexibility index (Phi) is 9.36. The van der Waals surface area contributed by atoms with Gasteiger partial charge in [-0.1, -0.05) is 60.7 Å². The highest BCUT2D eigenvalue weighted by molar-refractivity contribution is 6.12. The first-order valence-corrected chi connectivity index (χ1v) is 14.3. The molecular weight excluding hydrogens is 544 g/mol. The van der Waals surface area contributed by atoms with E-state index in [0.717, 1.165) is 24.1 Å². The van der Waals surface area contributed by atoms with Gasteiger partial charge in [-0.2, -0.15) is 0 Å². The number of para-hydroxylation sites is 1. The Morgan fingerprint density at radius 3 is 2.30 bits per heavy atom. The fourth-order valence-electron chi connectivity index (χ4n) is 4.85. The number of hydrogen-bond acceptors (Lipinski definition) is 6. The Balaban J connectivity index is 1.21. The Bertz CT molecular complexity index is 1570. The van der Waals surface area contributed by atoms with Crippen LogP contribution in [0.1, 0.15) is 34.3 Å². The molecular formula is C35H34N2O6. The number of amides is 1. The molecule has 8 heteroatoms. The number of nitrogens with zero attached hydrogens (tertiary/aromatic N) is 1. The summed E-state index contributed by atoms with van der Waals surface area (Å²) < 4.78 is 11.3. The molecule has 43 heavy (non-hydrogen) atoms. The molecule has 8 nitrogen and oxygen atoms in total. The number of nitrogens with one attached hydrogen (secondary N) is 1. The largest absolute Gasteiger partial charge is 0.497 e. The summed E-state index contributed by atoms with van der Waals surface area (Å²) in [5, 5.41) is 13.0. The zero-order valence-corrected chi connectivity index (χ0v) is 23.9. The van der Waals surface area contributed by atoms with Crippen molar-refractivity contribution in [1.82, 2.24) is 0 Å². The van der Waals surface area contributed by atoms with Gasteiger partial charge in [0, 0.05) is 40.9 Å². The number of carbonyl (C=O) groups excluding carboxylic acids is 2. The average Bonchev–Trinajstić information content (AvgIpc) is 3.89. The molecule has 1 saturated carbocycles. The summed E-state index contributed by atoms with van der Waals surface area (Å²) in [6.45, 7) is 0.678. The number of carboxylic acid groups (broad SMARTS) is 1. The summed E-state index contributed by atoms with van der Waals surface area (Å²) in [6.07, 6.45) is 2.01. The predicted octanol–water partition coefficient (Wildman–Crippen LogP) is 5.86. The highest BCUT2D eigenvalue weighted by Gasteiger charge is 2.34. The third kappa shape index (κ3) is 7.60. The Morgan fingerprint density at radius 1 is 0.884 bits per heavy atom. The first-order valence-electron chi connectivity index (χ1n) is 14.3. The zero-order chi connectivity index (χ0) is 30.2. The van der Waals surface area contributed by atoms with E-state index in [1.807, 2.05) is 42.5 Å². The van der Waals surface area contributed by atoms with Crippen LogP contribution in [0.2, 0.25) is 0 Å². The molecule has 1 amide bonds. The summed E-state index contributed by atoms with van der Waals surface area (Å²) in [5.74, 6) is 0.240. The summed E-state index contributed by atoms with van der Waals surface area (Å²) in [5.41, 5.74) is 2.97. The molecule has 0 aliphatic heterocycles. The van der Waals surface area contributed by atoms with Crippen molar-refractivity contribution in [1.29, 1.82) is 0 Å². The van der Waals surface area contributed by atoms with Crippen LogP contribution in [0.4, 0.5) is 11.4 Å². The molecule has 0 spiro atoms. The molecule has 220 valence electrons. The van der Waals surface area contributed by atoms with E-state index in [1.165, 1.54) is 0 Å². The minimum atomic E-state index is -1.03. The summed E-state index contributed by atoms with van der Waals surface area (Å²) in [4.78, 5) is 40.0. The van der Waals surface area contributed by atoms with Crippen molar-refractivity contribution >= 4 is 29.0 Å². The van der Waals surface area contributed by atoms with Crippen LogP contribution in [0.15, 0.2) is 103 Å². The number of anilines is 2. The number of benzene rings is 4. The van der Waals surface area contributed by atoms with Gasteiger partial charge >= 0.3 is 5.97 Å². The van der Waals surface area contributed by atoms with Crippen LogP contribution in [-0.2, 0) is 16.0 Å². The second-order valence-corrected chi connectivity index (χ2v) is 10.4. The number of ketones is 1. The molecule has 0 saturated heterocycles. The monoisotopic (exact) mass is 578 g/mol. The molecule has 1 aliphatic carbocycles. The maximum atomic E-state index is 13.1. The lowest BCUT2D eigenvalue weighted by atomic mass is 10.00. The summed E-state index contributed by atoms with van der Waals surface area (Å²) >= 11 is 0. The number of carbonyl (C=O) groups is 3. The van der Waals surface area contributed by atoms with Gasteiger partial charge in [-0.05, 0) is 54.8 Å². The molecule has 0 radical (unpaired) electrons. The van der Waals surface area contributed by atoms with Crippen LogP contribution in [0, 0.1) is 5.92 Å². The van der Waals surface area contributed by atoms with Gasteiger partial charge in [-0.15, -0.1) is 0 Å². The zero-order valence-electron chi connectivity index (χ0n) is 23.9. The Labute approximate surface area is 250 Å². The summed E-state index contributed by atoms with van der Waals surface area (Å²) in [7, 11) is 1.60. The molecule has 0 unspecified atom stereocenters. The number of rotatable bonds is 14.